The van der Waals surface area contributed by atoms with Gasteiger partial charge in [-0.2, -0.15) is 0 Å². The number of nitrogens with zero attached hydrogens (tertiary/aromatic N) is 2. The molecule has 1 N–H and O–H groups in total. The molecule has 0 unspecified atom stereocenters. The smallest absolute Gasteiger partial charge is 0.270 e. The van der Waals surface area contributed by atoms with Crippen molar-refractivity contribution in [3.8, 4) is 0 Å². The molecule has 0 spiro atoms. The van der Waals surface area contributed by atoms with Crippen LogP contribution in [0.4, 0.5) is 5.69 Å². The van der Waals surface area contributed by atoms with E-state index in [0.29, 0.717) is 37.1 Å². The molecule has 28 heavy (non-hydrogen) atoms. The summed E-state index contributed by atoms with van der Waals surface area (Å²) in [7, 11) is -3.86. The van der Waals surface area contributed by atoms with Gasteiger partial charge in [0, 0.05) is 31.8 Å². The Morgan fingerprint density at radius 2 is 2.04 bits per heavy atom. The number of hydrogen-bond acceptors (Lipinski definition) is 6. The Balaban J connectivity index is 1.58. The first-order valence-corrected chi connectivity index (χ1v) is 10.3. The van der Waals surface area contributed by atoms with E-state index in [0.717, 1.165) is 6.07 Å². The van der Waals surface area contributed by atoms with Crippen LogP contribution in [0.1, 0.15) is 28.8 Å². The summed E-state index contributed by atoms with van der Waals surface area (Å²) in [6, 6.07) is 5.39. The van der Waals surface area contributed by atoms with Crippen LogP contribution in [0, 0.1) is 23.0 Å². The molecule has 10 heteroatoms. The molecule has 0 aliphatic carbocycles. The van der Waals surface area contributed by atoms with E-state index in [1.54, 1.807) is 17.9 Å². The molecule has 1 aromatic heterocycles. The van der Waals surface area contributed by atoms with E-state index in [2.05, 4.69) is 4.72 Å². The summed E-state index contributed by atoms with van der Waals surface area (Å²) in [4.78, 5) is 24.2. The van der Waals surface area contributed by atoms with Crippen molar-refractivity contribution in [3.05, 3.63) is 58.0 Å². The number of furan rings is 1. The van der Waals surface area contributed by atoms with Crippen molar-refractivity contribution in [2.75, 3.05) is 19.6 Å². The zero-order valence-electron chi connectivity index (χ0n) is 15.3. The number of nitrogens with one attached hydrogen (secondary N) is 1. The predicted octanol–water partition coefficient (Wildman–Crippen LogP) is 2.33. The first-order chi connectivity index (χ1) is 13.3. The summed E-state index contributed by atoms with van der Waals surface area (Å²) in [5.74, 6) is -0.0119. The molecule has 1 saturated heterocycles. The Kier molecular flexibility index (Phi) is 5.80. The van der Waals surface area contributed by atoms with Crippen LogP contribution in [-0.4, -0.2) is 43.8 Å². The third kappa shape index (κ3) is 4.39. The number of sulfonamides is 1. The van der Waals surface area contributed by atoms with E-state index in [1.807, 2.05) is 0 Å². The summed E-state index contributed by atoms with van der Waals surface area (Å²) >= 11 is 0. The van der Waals surface area contributed by atoms with Crippen molar-refractivity contribution in [2.24, 2.45) is 5.92 Å². The molecule has 1 aliphatic rings. The highest BCUT2D eigenvalue weighted by Crippen LogP contribution is 2.23. The van der Waals surface area contributed by atoms with E-state index in [4.69, 9.17) is 4.42 Å². The standard InChI is InChI=1S/C18H21N3O6S/c1-13-2-3-16(21(23)24)10-17(13)28(25,26)19-11-14-4-7-20(8-5-14)18(22)15-6-9-27-12-15/h2-3,6,9-10,12,14,19H,4-5,7-8,11H2,1H3. The predicted molar refractivity (Wildman–Crippen MR) is 100 cm³/mol. The maximum atomic E-state index is 12.6. The molecule has 1 aliphatic heterocycles. The molecule has 0 atom stereocenters. The highest BCUT2D eigenvalue weighted by Gasteiger charge is 2.26. The van der Waals surface area contributed by atoms with Crippen LogP contribution in [0.3, 0.4) is 0 Å². The number of benzene rings is 1. The minimum atomic E-state index is -3.86. The Bertz CT molecular complexity index is 963. The lowest BCUT2D eigenvalue weighted by Crippen LogP contribution is -2.41. The molecule has 1 fully saturated rings. The van der Waals surface area contributed by atoms with E-state index < -0.39 is 14.9 Å². The van der Waals surface area contributed by atoms with Crippen LogP contribution in [0.25, 0.3) is 0 Å². The van der Waals surface area contributed by atoms with Crippen molar-refractivity contribution < 1.29 is 22.6 Å². The van der Waals surface area contributed by atoms with E-state index in [-0.39, 0.29) is 29.0 Å². The van der Waals surface area contributed by atoms with Crippen LogP contribution in [0.15, 0.2) is 46.1 Å². The van der Waals surface area contributed by atoms with Gasteiger partial charge in [-0.1, -0.05) is 6.07 Å². The van der Waals surface area contributed by atoms with Crippen molar-refractivity contribution in [1.82, 2.24) is 9.62 Å². The molecule has 9 nitrogen and oxygen atoms in total. The molecule has 2 heterocycles. The van der Waals surface area contributed by atoms with Crippen LogP contribution in [0.2, 0.25) is 0 Å². The first kappa shape index (κ1) is 20.0. The maximum Gasteiger partial charge on any atom is 0.270 e. The number of nitro groups is 1. The van der Waals surface area contributed by atoms with E-state index in [9.17, 15) is 23.3 Å². The van der Waals surface area contributed by atoms with Crippen LogP contribution >= 0.6 is 0 Å². The number of amides is 1. The normalized spacial score (nSPS) is 15.5. The van der Waals surface area contributed by atoms with Crippen molar-refractivity contribution in [2.45, 2.75) is 24.7 Å². The van der Waals surface area contributed by atoms with Crippen molar-refractivity contribution in [1.29, 1.82) is 0 Å². The van der Waals surface area contributed by atoms with Gasteiger partial charge in [0.2, 0.25) is 10.0 Å². The minimum absolute atomic E-state index is 0.0854. The Morgan fingerprint density at radius 3 is 2.64 bits per heavy atom. The van der Waals surface area contributed by atoms with Crippen molar-refractivity contribution >= 4 is 21.6 Å². The summed E-state index contributed by atoms with van der Waals surface area (Å²) in [5.41, 5.74) is 0.677. The van der Waals surface area contributed by atoms with Crippen molar-refractivity contribution in [3.63, 3.8) is 0 Å². The SMILES string of the molecule is Cc1ccc([N+](=O)[O-])cc1S(=O)(=O)NCC1CCN(C(=O)c2ccoc2)CC1. The molecular weight excluding hydrogens is 386 g/mol. The summed E-state index contributed by atoms with van der Waals surface area (Å²) < 4.78 is 32.7. The van der Waals surface area contributed by atoms with E-state index >= 15 is 0 Å². The van der Waals surface area contributed by atoms with E-state index in [1.165, 1.54) is 24.7 Å². The monoisotopic (exact) mass is 407 g/mol. The maximum absolute atomic E-state index is 12.6. The second-order valence-electron chi connectivity index (χ2n) is 6.81. The van der Waals surface area contributed by atoms with Gasteiger partial charge in [0.1, 0.15) is 6.26 Å². The molecule has 0 saturated carbocycles. The highest BCUT2D eigenvalue weighted by molar-refractivity contribution is 7.89. The van der Waals surface area contributed by atoms with Gasteiger partial charge in [0.25, 0.3) is 11.6 Å². The van der Waals surface area contributed by atoms with Gasteiger partial charge in [-0.05, 0) is 37.3 Å². The van der Waals surface area contributed by atoms with Gasteiger partial charge in [-0.25, -0.2) is 13.1 Å². The second-order valence-corrected chi connectivity index (χ2v) is 8.54. The van der Waals surface area contributed by atoms with Crippen LogP contribution in [-0.2, 0) is 10.0 Å². The number of non-ortho nitro benzene ring substituents is 1. The molecule has 3 rings (SSSR count). The molecule has 150 valence electrons. The lowest BCUT2D eigenvalue weighted by atomic mass is 9.97. The minimum Gasteiger partial charge on any atom is -0.472 e. The average molecular weight is 407 g/mol. The number of nitro benzene ring substituents is 1. The zero-order chi connectivity index (χ0) is 20.3. The Morgan fingerprint density at radius 1 is 1.32 bits per heavy atom. The number of piperidine rings is 1. The topological polar surface area (TPSA) is 123 Å². The summed E-state index contributed by atoms with van der Waals surface area (Å²) in [6.07, 6.45) is 4.19. The van der Waals surface area contributed by atoms with Crippen LogP contribution < -0.4 is 4.72 Å². The second kappa shape index (κ2) is 8.11. The number of hydrogen-bond donors (Lipinski definition) is 1. The fourth-order valence-electron chi connectivity index (χ4n) is 3.21. The molecule has 1 amide bonds. The fourth-order valence-corrected chi connectivity index (χ4v) is 4.58. The third-order valence-electron chi connectivity index (χ3n) is 4.90. The average Bonchev–Trinajstić information content (AvgIpc) is 3.21. The van der Waals surface area contributed by atoms with Gasteiger partial charge in [0.05, 0.1) is 21.6 Å². The lowest BCUT2D eigenvalue weighted by Gasteiger charge is -2.31. The lowest BCUT2D eigenvalue weighted by molar-refractivity contribution is -0.385. The number of rotatable bonds is 6. The number of likely N-dealkylation sites (tertiary alicyclic amines) is 1. The summed E-state index contributed by atoms with van der Waals surface area (Å²) in [5, 5.41) is 10.9. The largest absolute Gasteiger partial charge is 0.472 e. The highest BCUT2D eigenvalue weighted by atomic mass is 32.2. The molecular formula is C18H21N3O6S. The molecule has 2 aromatic rings. The zero-order valence-corrected chi connectivity index (χ0v) is 16.1. The molecule has 0 bridgehead atoms. The van der Waals surface area contributed by atoms with Gasteiger partial charge in [-0.3, -0.25) is 14.9 Å². The van der Waals surface area contributed by atoms with Gasteiger partial charge in [-0.15, -0.1) is 0 Å². The quantitative estimate of drug-likeness (QED) is 0.579. The first-order valence-electron chi connectivity index (χ1n) is 8.84. The van der Waals surface area contributed by atoms with Crippen LogP contribution in [0.5, 0.6) is 0 Å². The van der Waals surface area contributed by atoms with Gasteiger partial charge in [0.15, 0.2) is 0 Å². The number of carbonyl (C=O) groups excluding carboxylic acids is 1. The van der Waals surface area contributed by atoms with Gasteiger partial charge < -0.3 is 9.32 Å². The summed E-state index contributed by atoms with van der Waals surface area (Å²) in [6.45, 7) is 2.88. The molecule has 1 aromatic carbocycles. The molecule has 0 radical (unpaired) electrons. The number of carbonyl (C=O) groups is 1. The third-order valence-corrected chi connectivity index (χ3v) is 6.47. The van der Waals surface area contributed by atoms with Gasteiger partial charge >= 0.3 is 0 Å². The Labute approximate surface area is 162 Å². The number of aryl methyl sites for hydroxylation is 1. The fraction of sp³-hybridized carbons (Fsp3) is 0.389. The Hall–Kier alpha value is -2.72.